The Kier molecular flexibility index (Phi) is 3.84. The molecule has 0 saturated heterocycles. The second-order valence-electron chi connectivity index (χ2n) is 8.36. The van der Waals surface area contributed by atoms with Gasteiger partial charge in [-0.2, -0.15) is 0 Å². The maximum absolute atomic E-state index is 3.55. The topological polar surface area (TPSA) is 0 Å². The van der Waals surface area contributed by atoms with Gasteiger partial charge in [0.15, 0.2) is 0 Å². The summed E-state index contributed by atoms with van der Waals surface area (Å²) in [5, 5.41) is 3.71. The lowest BCUT2D eigenvalue weighted by atomic mass is 9.47. The minimum Gasteiger partial charge on any atom is -0.0721 e. The molecule has 0 aliphatic heterocycles. The Bertz CT molecular complexity index is 1270. The minimum atomic E-state index is -0.00419. The van der Waals surface area contributed by atoms with Gasteiger partial charge in [-0.05, 0) is 49.2 Å². The van der Waals surface area contributed by atoms with Crippen LogP contribution in [0.4, 0.5) is 0 Å². The Balaban J connectivity index is 1.73. The molecular formula is C31H18. The molecule has 0 amide bonds. The number of allylic oxidation sites excluding steroid dienone is 4. The summed E-state index contributed by atoms with van der Waals surface area (Å²) in [6.07, 6.45) is 12.5. The lowest BCUT2D eigenvalue weighted by Crippen LogP contribution is -2.52. The normalized spacial score (nSPS) is 23.4. The predicted molar refractivity (Wildman–Crippen MR) is 123 cm³/mol. The van der Waals surface area contributed by atoms with E-state index in [9.17, 15) is 0 Å². The Morgan fingerprint density at radius 2 is 0.935 bits per heavy atom. The molecule has 3 aromatic rings. The molecule has 0 heterocycles. The number of fused-ring (bicyclic) bond motifs is 3. The van der Waals surface area contributed by atoms with Gasteiger partial charge in [0.2, 0.25) is 0 Å². The van der Waals surface area contributed by atoms with Crippen molar-refractivity contribution in [2.75, 3.05) is 0 Å². The first-order valence-corrected chi connectivity index (χ1v) is 10.7. The standard InChI is InChI=1S/C31H18/c1-2-11-25-13-4-6-15-27(25)17-19-29-28(18-16-26-14-5-3-12-24(26)10-1)30-20-7-8-21-31(29,30)23-9-22-30/h3-8,12-15,20-21H,9,22-23H2/t30-,31+. The third kappa shape index (κ3) is 2.50. The smallest absolute Gasteiger partial charge is 0.0412 e. The third-order valence-corrected chi connectivity index (χ3v) is 6.91. The molecule has 0 N–H and O–H groups in total. The van der Waals surface area contributed by atoms with Gasteiger partial charge >= 0.3 is 0 Å². The van der Waals surface area contributed by atoms with E-state index in [0.717, 1.165) is 34.4 Å². The minimum absolute atomic E-state index is 0.00419. The van der Waals surface area contributed by atoms with Gasteiger partial charge in [0, 0.05) is 43.5 Å². The number of hydrogen-bond acceptors (Lipinski definition) is 0. The third-order valence-electron chi connectivity index (χ3n) is 6.91. The molecule has 3 aliphatic rings. The summed E-state index contributed by atoms with van der Waals surface area (Å²) in [6.45, 7) is 0. The fourth-order valence-electron chi connectivity index (χ4n) is 5.45. The summed E-state index contributed by atoms with van der Waals surface area (Å²) in [6, 6.07) is 42.4. The molecule has 1 saturated carbocycles. The fourth-order valence-corrected chi connectivity index (χ4v) is 5.45. The van der Waals surface area contributed by atoms with Crippen molar-refractivity contribution in [2.24, 2.45) is 0 Å². The zero-order chi connectivity index (χ0) is 20.7. The van der Waals surface area contributed by atoms with Crippen LogP contribution in [0.1, 0.15) is 30.4 Å². The van der Waals surface area contributed by atoms with Gasteiger partial charge < -0.3 is 0 Å². The van der Waals surface area contributed by atoms with E-state index in [1.165, 1.54) is 17.5 Å². The van der Waals surface area contributed by atoms with E-state index in [4.69, 9.17) is 0 Å². The zero-order valence-corrected chi connectivity index (χ0v) is 17.0. The van der Waals surface area contributed by atoms with E-state index in [2.05, 4.69) is 72.8 Å². The van der Waals surface area contributed by atoms with Crippen LogP contribution in [-0.4, -0.2) is 0 Å². The van der Waals surface area contributed by atoms with E-state index < -0.39 is 0 Å². The van der Waals surface area contributed by atoms with Crippen molar-refractivity contribution in [2.45, 2.75) is 30.1 Å². The first-order valence-electron chi connectivity index (χ1n) is 10.7. The van der Waals surface area contributed by atoms with Crippen molar-refractivity contribution in [3.63, 3.8) is 0 Å². The monoisotopic (exact) mass is 390 g/mol. The van der Waals surface area contributed by atoms with Crippen molar-refractivity contribution in [3.8, 4) is 0 Å². The van der Waals surface area contributed by atoms with Crippen molar-refractivity contribution < 1.29 is 0 Å². The summed E-state index contributed by atoms with van der Waals surface area (Å²) in [5.41, 5.74) is 2.36. The summed E-state index contributed by atoms with van der Waals surface area (Å²) in [7, 11) is 0. The number of rotatable bonds is 0. The molecule has 2 atom stereocenters. The molecule has 0 radical (unpaired) electrons. The average Bonchev–Trinajstić information content (AvgIpc) is 3.15. The van der Waals surface area contributed by atoms with Gasteiger partial charge in [0.05, 0.1) is 0 Å². The van der Waals surface area contributed by atoms with Crippen LogP contribution < -0.4 is 0 Å². The van der Waals surface area contributed by atoms with Gasteiger partial charge in [0.25, 0.3) is 0 Å². The zero-order valence-electron chi connectivity index (χ0n) is 17.0. The van der Waals surface area contributed by atoms with E-state index >= 15 is 0 Å². The van der Waals surface area contributed by atoms with Crippen molar-refractivity contribution >= 4 is 21.5 Å². The summed E-state index contributed by atoms with van der Waals surface area (Å²) in [5.74, 6) is 0. The van der Waals surface area contributed by atoms with Gasteiger partial charge in [-0.15, -0.1) is 0 Å². The molecule has 0 spiro atoms. The quantitative estimate of drug-likeness (QED) is 0.414. The second-order valence-corrected chi connectivity index (χ2v) is 8.36. The van der Waals surface area contributed by atoms with Gasteiger partial charge in [-0.1, -0.05) is 91.4 Å². The predicted octanol–water partition coefficient (Wildman–Crippen LogP) is 6.44. The van der Waals surface area contributed by atoms with Crippen molar-refractivity contribution in [3.05, 3.63) is 132 Å². The molecule has 31 heavy (non-hydrogen) atoms. The van der Waals surface area contributed by atoms with Crippen LogP contribution in [0.2, 0.25) is 0 Å². The maximum Gasteiger partial charge on any atom is 0.0412 e. The summed E-state index contributed by atoms with van der Waals surface area (Å²) >= 11 is 0. The van der Waals surface area contributed by atoms with Gasteiger partial charge in [-0.25, -0.2) is 0 Å². The summed E-state index contributed by atoms with van der Waals surface area (Å²) < 4.78 is 0. The number of hydrogen-bond donors (Lipinski definition) is 0. The highest BCUT2D eigenvalue weighted by Gasteiger charge is 2.64. The molecule has 0 aromatic heterocycles. The molecule has 0 nitrogen and oxygen atoms in total. The van der Waals surface area contributed by atoms with Crippen LogP contribution in [0.25, 0.3) is 21.5 Å². The largest absolute Gasteiger partial charge is 0.0721 e. The van der Waals surface area contributed by atoms with Crippen LogP contribution >= 0.6 is 0 Å². The Hall–Kier alpha value is -4.10. The Labute approximate surface area is 184 Å². The highest BCUT2D eigenvalue weighted by Crippen LogP contribution is 2.66. The fraction of sp³-hybridized carbons (Fsp3) is 0.161. The highest BCUT2D eigenvalue weighted by molar-refractivity contribution is 5.79. The molecule has 1 fully saturated rings. The first kappa shape index (κ1) is 17.7. The molecule has 0 bridgehead atoms. The summed E-state index contributed by atoms with van der Waals surface area (Å²) in [4.78, 5) is 0. The molecule has 0 unspecified atom stereocenters. The van der Waals surface area contributed by atoms with Crippen LogP contribution in [0.5, 0.6) is 0 Å². The number of benzene rings is 2. The molecular weight excluding hydrogens is 372 g/mol. The van der Waals surface area contributed by atoms with Crippen molar-refractivity contribution in [1.82, 2.24) is 0 Å². The molecule has 3 aliphatic carbocycles. The van der Waals surface area contributed by atoms with Crippen LogP contribution in [-0.2, 0) is 10.8 Å². The molecule has 0 heteroatoms. The van der Waals surface area contributed by atoms with Crippen molar-refractivity contribution in [1.29, 1.82) is 0 Å². The van der Waals surface area contributed by atoms with E-state index in [1.54, 1.807) is 0 Å². The molecule has 3 aromatic carbocycles. The van der Waals surface area contributed by atoms with Crippen LogP contribution in [0.3, 0.4) is 0 Å². The average molecular weight is 390 g/mol. The Morgan fingerprint density at radius 3 is 1.39 bits per heavy atom. The van der Waals surface area contributed by atoms with E-state index in [0.29, 0.717) is 0 Å². The second kappa shape index (κ2) is 6.72. The van der Waals surface area contributed by atoms with E-state index in [1.807, 2.05) is 48.5 Å². The lowest BCUT2D eigenvalue weighted by Gasteiger charge is -2.53. The lowest BCUT2D eigenvalue weighted by molar-refractivity contribution is 0.317. The highest BCUT2D eigenvalue weighted by atomic mass is 14.6. The molecule has 6 rings (SSSR count). The maximum atomic E-state index is 3.55. The Morgan fingerprint density at radius 1 is 0.516 bits per heavy atom. The molecule has 142 valence electrons. The van der Waals surface area contributed by atoms with Gasteiger partial charge in [0.1, 0.15) is 0 Å². The SMILES string of the molecule is c1c#cc2ccccc2c#cc2c(c#cc3ccccc3c#1)[C@@]13C=CC=C[C@@]21CCC3. The van der Waals surface area contributed by atoms with Crippen LogP contribution in [0, 0.1) is 48.5 Å². The van der Waals surface area contributed by atoms with E-state index in [-0.39, 0.29) is 10.8 Å². The first-order chi connectivity index (χ1) is 15.3. The van der Waals surface area contributed by atoms with Gasteiger partial charge in [-0.3, -0.25) is 0 Å². The van der Waals surface area contributed by atoms with Crippen LogP contribution in [0.15, 0.2) is 72.8 Å².